The van der Waals surface area contributed by atoms with Crippen molar-refractivity contribution in [2.24, 2.45) is 12.0 Å². The summed E-state index contributed by atoms with van der Waals surface area (Å²) in [6, 6.07) is 1.96. The second kappa shape index (κ2) is 6.09. The van der Waals surface area contributed by atoms with Gasteiger partial charge in [-0.2, -0.15) is 10.4 Å². The molecule has 0 atom stereocenters. The highest BCUT2D eigenvalue weighted by Gasteiger charge is 1.98. The molecule has 1 heterocycles. The zero-order chi connectivity index (χ0) is 11.1. The predicted molar refractivity (Wildman–Crippen MR) is 61.5 cm³/mol. The van der Waals surface area contributed by atoms with Gasteiger partial charge in [0.1, 0.15) is 0 Å². The van der Waals surface area contributed by atoms with E-state index >= 15 is 0 Å². The topological polar surface area (TPSA) is 66.0 Å². The summed E-state index contributed by atoms with van der Waals surface area (Å²) in [5.41, 5.74) is 1.14. The highest BCUT2D eigenvalue weighted by atomic mass is 32.2. The van der Waals surface area contributed by atoms with E-state index in [2.05, 4.69) is 15.4 Å². The lowest BCUT2D eigenvalue weighted by molar-refractivity contribution is 0.707. The number of thioether (sulfide) groups is 1. The molecule has 0 radical (unpaired) electrons. The molecule has 15 heavy (non-hydrogen) atoms. The summed E-state index contributed by atoms with van der Waals surface area (Å²) < 4.78 is 1.83. The van der Waals surface area contributed by atoms with Crippen molar-refractivity contribution in [3.8, 4) is 6.19 Å². The number of aliphatic imine (C=N–C) groups is 1. The lowest BCUT2D eigenvalue weighted by Gasteiger charge is -2.00. The molecule has 1 N–H and O–H groups in total. The first-order valence-corrected chi connectivity index (χ1v) is 5.71. The Bertz CT molecular complexity index is 376. The van der Waals surface area contributed by atoms with Crippen molar-refractivity contribution >= 4 is 16.9 Å². The smallest absolute Gasteiger partial charge is 0.183 e. The van der Waals surface area contributed by atoms with Crippen molar-refractivity contribution in [1.29, 1.82) is 5.26 Å². The van der Waals surface area contributed by atoms with Crippen LogP contribution in [0.25, 0.3) is 0 Å². The maximum absolute atomic E-state index is 8.43. The van der Waals surface area contributed by atoms with Crippen LogP contribution in [0.1, 0.15) is 5.69 Å². The first kappa shape index (κ1) is 11.6. The quantitative estimate of drug-likeness (QED) is 0.355. The number of hydrogen-bond donors (Lipinski definition) is 1. The van der Waals surface area contributed by atoms with Gasteiger partial charge < -0.3 is 0 Å². The molecule has 0 spiro atoms. The van der Waals surface area contributed by atoms with Gasteiger partial charge >= 0.3 is 0 Å². The van der Waals surface area contributed by atoms with Crippen LogP contribution < -0.4 is 5.32 Å². The number of rotatable bonds is 3. The average Bonchev–Trinajstić information content (AvgIpc) is 2.63. The Kier molecular flexibility index (Phi) is 4.71. The lowest BCUT2D eigenvalue weighted by atomic mass is 10.3. The molecule has 5 nitrogen and oxygen atoms in total. The molecule has 0 saturated heterocycles. The van der Waals surface area contributed by atoms with E-state index in [-0.39, 0.29) is 0 Å². The molecule has 6 heteroatoms. The van der Waals surface area contributed by atoms with Crippen molar-refractivity contribution in [1.82, 2.24) is 15.1 Å². The van der Waals surface area contributed by atoms with E-state index in [1.165, 1.54) is 11.8 Å². The van der Waals surface area contributed by atoms with Gasteiger partial charge in [-0.25, -0.2) is 0 Å². The maximum Gasteiger partial charge on any atom is 0.183 e. The normalized spacial score (nSPS) is 11.1. The Morgan fingerprint density at radius 1 is 1.80 bits per heavy atom. The fourth-order valence-corrected chi connectivity index (χ4v) is 1.49. The van der Waals surface area contributed by atoms with E-state index in [9.17, 15) is 0 Å². The van der Waals surface area contributed by atoms with Crippen molar-refractivity contribution in [3.05, 3.63) is 18.0 Å². The molecule has 0 aliphatic heterocycles. The molecule has 1 aromatic rings. The molecule has 0 unspecified atom stereocenters. The number of hydrogen-bond acceptors (Lipinski definition) is 4. The number of aryl methyl sites for hydroxylation is 1. The van der Waals surface area contributed by atoms with Crippen LogP contribution >= 0.6 is 11.8 Å². The van der Waals surface area contributed by atoms with Gasteiger partial charge in [-0.15, -0.1) is 0 Å². The average molecular weight is 223 g/mol. The molecular formula is C9H13N5S. The van der Waals surface area contributed by atoms with Crippen molar-refractivity contribution in [2.45, 2.75) is 6.42 Å². The fraction of sp³-hybridized carbons (Fsp3) is 0.444. The van der Waals surface area contributed by atoms with Crippen LogP contribution in [-0.4, -0.2) is 27.7 Å². The van der Waals surface area contributed by atoms with Crippen LogP contribution in [0.4, 0.5) is 0 Å². The Labute approximate surface area is 93.2 Å². The number of nitriles is 1. The summed E-state index contributed by atoms with van der Waals surface area (Å²) >= 11 is 1.43. The summed E-state index contributed by atoms with van der Waals surface area (Å²) in [5.74, 6) is 0. The number of aromatic nitrogens is 2. The van der Waals surface area contributed by atoms with Gasteiger partial charge in [0.25, 0.3) is 0 Å². The monoisotopic (exact) mass is 223 g/mol. The number of amidine groups is 1. The van der Waals surface area contributed by atoms with E-state index in [0.29, 0.717) is 11.7 Å². The van der Waals surface area contributed by atoms with E-state index in [1.807, 2.05) is 30.2 Å². The zero-order valence-corrected chi connectivity index (χ0v) is 9.58. The molecule has 0 bridgehead atoms. The summed E-state index contributed by atoms with van der Waals surface area (Å²) in [7, 11) is 1.90. The van der Waals surface area contributed by atoms with Crippen molar-refractivity contribution in [3.63, 3.8) is 0 Å². The summed E-state index contributed by atoms with van der Waals surface area (Å²) in [6.45, 7) is 0.657. The molecule has 1 aromatic heterocycles. The molecule has 0 aliphatic rings. The third kappa shape index (κ3) is 3.64. The highest BCUT2D eigenvalue weighted by Crippen LogP contribution is 1.99. The molecule has 80 valence electrons. The van der Waals surface area contributed by atoms with E-state index < -0.39 is 0 Å². The van der Waals surface area contributed by atoms with E-state index in [4.69, 9.17) is 5.26 Å². The third-order valence-corrected chi connectivity index (χ3v) is 2.52. The van der Waals surface area contributed by atoms with Gasteiger partial charge in [0.15, 0.2) is 11.4 Å². The van der Waals surface area contributed by atoms with Gasteiger partial charge in [-0.05, 0) is 12.3 Å². The van der Waals surface area contributed by atoms with Crippen LogP contribution in [0.2, 0.25) is 0 Å². The standard InChI is InChI=1S/C9H13N5S/c1-14-8(4-6-13-14)3-5-11-9(15-2)12-7-10/h4,6H,3,5H2,1-2H3,(H,11,12). The fourth-order valence-electron chi connectivity index (χ4n) is 1.12. The molecule has 0 aliphatic carbocycles. The highest BCUT2D eigenvalue weighted by molar-refractivity contribution is 8.13. The van der Waals surface area contributed by atoms with E-state index in [0.717, 1.165) is 12.1 Å². The van der Waals surface area contributed by atoms with Crippen LogP contribution in [0.3, 0.4) is 0 Å². The first-order chi connectivity index (χ1) is 7.27. The molecule has 0 fully saturated rings. The molecule has 0 aromatic carbocycles. The molecule has 0 amide bonds. The SMILES string of the molecule is CSC(=NCCc1ccnn1C)NC#N. The summed E-state index contributed by atoms with van der Waals surface area (Å²) in [5, 5.41) is 15.7. The van der Waals surface area contributed by atoms with Crippen LogP contribution in [0.15, 0.2) is 17.3 Å². The second-order valence-corrected chi connectivity index (χ2v) is 3.62. The summed E-state index contributed by atoms with van der Waals surface area (Å²) in [4.78, 5) is 4.25. The van der Waals surface area contributed by atoms with Crippen LogP contribution in [0.5, 0.6) is 0 Å². The van der Waals surface area contributed by atoms with Gasteiger partial charge in [-0.1, -0.05) is 11.8 Å². The van der Waals surface area contributed by atoms with Gasteiger partial charge in [0, 0.05) is 31.9 Å². The first-order valence-electron chi connectivity index (χ1n) is 4.48. The minimum Gasteiger partial charge on any atom is -0.273 e. The zero-order valence-electron chi connectivity index (χ0n) is 8.77. The Hall–Kier alpha value is -1.48. The third-order valence-electron chi connectivity index (χ3n) is 1.90. The van der Waals surface area contributed by atoms with Crippen LogP contribution in [-0.2, 0) is 13.5 Å². The largest absolute Gasteiger partial charge is 0.273 e. The van der Waals surface area contributed by atoms with Gasteiger partial charge in [0.05, 0.1) is 0 Å². The predicted octanol–water partition coefficient (Wildman–Crippen LogP) is 0.752. The second-order valence-electron chi connectivity index (χ2n) is 2.82. The van der Waals surface area contributed by atoms with Crippen LogP contribution in [0, 0.1) is 11.5 Å². The Balaban J connectivity index is 2.44. The van der Waals surface area contributed by atoms with Crippen molar-refractivity contribution in [2.75, 3.05) is 12.8 Å². The Morgan fingerprint density at radius 2 is 2.60 bits per heavy atom. The molecule has 1 rings (SSSR count). The minimum atomic E-state index is 0.652. The number of nitrogens with one attached hydrogen (secondary N) is 1. The van der Waals surface area contributed by atoms with Gasteiger partial charge in [0.2, 0.25) is 0 Å². The van der Waals surface area contributed by atoms with Gasteiger partial charge in [-0.3, -0.25) is 15.0 Å². The summed E-state index contributed by atoms with van der Waals surface area (Å²) in [6.07, 6.45) is 6.33. The lowest BCUT2D eigenvalue weighted by Crippen LogP contribution is -2.14. The number of nitrogens with zero attached hydrogens (tertiary/aromatic N) is 4. The minimum absolute atomic E-state index is 0.652. The Morgan fingerprint density at radius 3 is 3.13 bits per heavy atom. The van der Waals surface area contributed by atoms with Crippen molar-refractivity contribution < 1.29 is 0 Å². The maximum atomic E-state index is 8.43. The van der Waals surface area contributed by atoms with E-state index in [1.54, 1.807) is 6.20 Å². The molecule has 0 saturated carbocycles. The molecular weight excluding hydrogens is 210 g/mol.